The van der Waals surface area contributed by atoms with Crippen molar-refractivity contribution in [3.05, 3.63) is 0 Å². The quantitative estimate of drug-likeness (QED) is 0.643. The minimum absolute atomic E-state index is 0.0384. The Hall–Kier alpha value is -0.590. The van der Waals surface area contributed by atoms with Gasteiger partial charge >= 0.3 is 0 Å². The van der Waals surface area contributed by atoms with E-state index in [4.69, 9.17) is 10.00 Å². The first-order valence-electron chi connectivity index (χ1n) is 5.34. The lowest BCUT2D eigenvalue weighted by Crippen LogP contribution is -2.33. The molecule has 1 unspecified atom stereocenters. The molecule has 0 amide bonds. The summed E-state index contributed by atoms with van der Waals surface area (Å²) in [6.07, 6.45) is 2.56. The molecule has 0 aromatic carbocycles. The van der Waals surface area contributed by atoms with E-state index >= 15 is 0 Å². The van der Waals surface area contributed by atoms with Gasteiger partial charge in [-0.05, 0) is 33.2 Å². The second kappa shape index (κ2) is 4.77. The molecule has 1 saturated heterocycles. The summed E-state index contributed by atoms with van der Waals surface area (Å²) < 4.78 is 5.88. The van der Waals surface area contributed by atoms with Crippen LogP contribution in [0.25, 0.3) is 0 Å². The van der Waals surface area contributed by atoms with Crippen LogP contribution in [0.3, 0.4) is 0 Å². The Bertz CT molecular complexity index is 220. The molecule has 0 spiro atoms. The molecular weight excluding hydrogens is 176 g/mol. The Balaban J connectivity index is 2.34. The molecule has 1 fully saturated rings. The monoisotopic (exact) mass is 196 g/mol. The third kappa shape index (κ3) is 3.28. The van der Waals surface area contributed by atoms with Crippen molar-refractivity contribution in [3.63, 3.8) is 0 Å². The molecule has 1 aliphatic heterocycles. The van der Waals surface area contributed by atoms with Gasteiger partial charge in [-0.3, -0.25) is 4.90 Å². The largest absolute Gasteiger partial charge is 0.371 e. The van der Waals surface area contributed by atoms with Crippen molar-refractivity contribution in [1.29, 1.82) is 5.26 Å². The Morgan fingerprint density at radius 2 is 2.29 bits per heavy atom. The fourth-order valence-electron chi connectivity index (χ4n) is 1.90. The molecule has 0 N–H and O–H groups in total. The van der Waals surface area contributed by atoms with Crippen molar-refractivity contribution in [2.24, 2.45) is 0 Å². The predicted octanol–water partition coefficient (Wildman–Crippen LogP) is 1.79. The molecule has 3 nitrogen and oxygen atoms in total. The highest BCUT2D eigenvalue weighted by molar-refractivity contribution is 4.84. The first-order valence-corrected chi connectivity index (χ1v) is 5.34. The van der Waals surface area contributed by atoms with Crippen LogP contribution < -0.4 is 0 Å². The van der Waals surface area contributed by atoms with Gasteiger partial charge in [0.25, 0.3) is 0 Å². The molecule has 1 aliphatic rings. The summed E-state index contributed by atoms with van der Waals surface area (Å²) in [5.41, 5.74) is 0.0384. The number of nitrogens with zero attached hydrogens (tertiary/aromatic N) is 2. The molecule has 0 bridgehead atoms. The average molecular weight is 196 g/mol. The molecule has 0 radical (unpaired) electrons. The van der Waals surface area contributed by atoms with Gasteiger partial charge in [0.1, 0.15) is 0 Å². The van der Waals surface area contributed by atoms with Crippen molar-refractivity contribution in [2.75, 3.05) is 19.6 Å². The number of ether oxygens (including phenoxy) is 1. The molecule has 3 heteroatoms. The smallest absolute Gasteiger partial charge is 0.0866 e. The van der Waals surface area contributed by atoms with Gasteiger partial charge in [-0.2, -0.15) is 5.26 Å². The summed E-state index contributed by atoms with van der Waals surface area (Å²) in [5.74, 6) is 0. The number of rotatable bonds is 4. The van der Waals surface area contributed by atoms with Crippen molar-refractivity contribution in [3.8, 4) is 6.07 Å². The van der Waals surface area contributed by atoms with E-state index < -0.39 is 0 Å². The molecule has 14 heavy (non-hydrogen) atoms. The van der Waals surface area contributed by atoms with Crippen LogP contribution in [0.15, 0.2) is 0 Å². The Kier molecular flexibility index (Phi) is 3.91. The summed E-state index contributed by atoms with van der Waals surface area (Å²) in [6, 6.07) is 2.18. The maximum absolute atomic E-state index is 8.61. The average Bonchev–Trinajstić information content (AvgIpc) is 2.45. The lowest BCUT2D eigenvalue weighted by molar-refractivity contribution is -0.0268. The summed E-state index contributed by atoms with van der Waals surface area (Å²) in [4.78, 5) is 2.13. The third-order valence-corrected chi connectivity index (χ3v) is 2.76. The second-order valence-corrected chi connectivity index (χ2v) is 4.52. The van der Waals surface area contributed by atoms with Crippen molar-refractivity contribution in [1.82, 2.24) is 4.90 Å². The summed E-state index contributed by atoms with van der Waals surface area (Å²) >= 11 is 0. The van der Waals surface area contributed by atoms with Crippen LogP contribution in [0, 0.1) is 11.3 Å². The molecule has 1 atom stereocenters. The Morgan fingerprint density at radius 1 is 1.57 bits per heavy atom. The van der Waals surface area contributed by atoms with E-state index in [2.05, 4.69) is 31.7 Å². The Morgan fingerprint density at radius 3 is 2.71 bits per heavy atom. The van der Waals surface area contributed by atoms with Crippen LogP contribution in [-0.2, 0) is 4.74 Å². The van der Waals surface area contributed by atoms with Crippen LogP contribution in [0.4, 0.5) is 0 Å². The van der Waals surface area contributed by atoms with E-state index in [0.29, 0.717) is 12.6 Å². The minimum atomic E-state index is 0.0384. The van der Waals surface area contributed by atoms with Crippen LogP contribution in [0.1, 0.15) is 33.6 Å². The fraction of sp³-hybridized carbons (Fsp3) is 0.909. The maximum Gasteiger partial charge on any atom is 0.0866 e. The lowest BCUT2D eigenvalue weighted by atomic mass is 10.1. The predicted molar refractivity (Wildman–Crippen MR) is 55.9 cm³/mol. The number of hydrogen-bond acceptors (Lipinski definition) is 3. The highest BCUT2D eigenvalue weighted by Crippen LogP contribution is 2.29. The van der Waals surface area contributed by atoms with E-state index in [9.17, 15) is 0 Å². The number of nitriles is 1. The number of hydrogen-bond donors (Lipinski definition) is 0. The fourth-order valence-corrected chi connectivity index (χ4v) is 1.90. The standard InChI is InChI=1S/C11H20N2O/c1-4-13(8-7-12)9-10-5-6-11(2,3)14-10/h10H,4-6,8-9H2,1-3H3. The molecule has 0 saturated carbocycles. The summed E-state index contributed by atoms with van der Waals surface area (Å²) in [7, 11) is 0. The highest BCUT2D eigenvalue weighted by atomic mass is 16.5. The minimum Gasteiger partial charge on any atom is -0.371 e. The molecule has 0 aromatic rings. The molecule has 1 heterocycles. The maximum atomic E-state index is 8.61. The van der Waals surface area contributed by atoms with E-state index in [1.165, 1.54) is 0 Å². The zero-order valence-corrected chi connectivity index (χ0v) is 9.42. The third-order valence-electron chi connectivity index (χ3n) is 2.76. The van der Waals surface area contributed by atoms with E-state index in [1.54, 1.807) is 0 Å². The Labute approximate surface area is 86.6 Å². The molecule has 0 aliphatic carbocycles. The van der Waals surface area contributed by atoms with Gasteiger partial charge in [-0.1, -0.05) is 6.92 Å². The van der Waals surface area contributed by atoms with Gasteiger partial charge in [-0.15, -0.1) is 0 Å². The van der Waals surface area contributed by atoms with E-state index in [1.807, 2.05) is 0 Å². The lowest BCUT2D eigenvalue weighted by Gasteiger charge is -2.23. The summed E-state index contributed by atoms with van der Waals surface area (Å²) in [6.45, 7) is 8.68. The highest BCUT2D eigenvalue weighted by Gasteiger charge is 2.32. The molecular formula is C11H20N2O. The van der Waals surface area contributed by atoms with E-state index in [0.717, 1.165) is 25.9 Å². The van der Waals surface area contributed by atoms with Crippen LogP contribution >= 0.6 is 0 Å². The second-order valence-electron chi connectivity index (χ2n) is 4.52. The van der Waals surface area contributed by atoms with Gasteiger partial charge in [0.15, 0.2) is 0 Å². The van der Waals surface area contributed by atoms with Gasteiger partial charge in [0.2, 0.25) is 0 Å². The summed E-state index contributed by atoms with van der Waals surface area (Å²) in [5, 5.41) is 8.61. The van der Waals surface area contributed by atoms with Crippen molar-refractivity contribution in [2.45, 2.75) is 45.3 Å². The van der Waals surface area contributed by atoms with Gasteiger partial charge in [0, 0.05) is 6.54 Å². The topological polar surface area (TPSA) is 36.3 Å². The molecule has 80 valence electrons. The molecule has 1 rings (SSSR count). The van der Waals surface area contributed by atoms with Crippen LogP contribution in [0.5, 0.6) is 0 Å². The first-order chi connectivity index (χ1) is 6.57. The molecule has 0 aromatic heterocycles. The zero-order valence-electron chi connectivity index (χ0n) is 9.42. The van der Waals surface area contributed by atoms with Crippen molar-refractivity contribution >= 4 is 0 Å². The van der Waals surface area contributed by atoms with Crippen LogP contribution in [-0.4, -0.2) is 36.2 Å². The normalized spacial score (nSPS) is 25.2. The van der Waals surface area contributed by atoms with E-state index in [-0.39, 0.29) is 5.60 Å². The van der Waals surface area contributed by atoms with Crippen LogP contribution in [0.2, 0.25) is 0 Å². The SMILES string of the molecule is CCN(CC#N)CC1CCC(C)(C)O1. The van der Waals surface area contributed by atoms with Crippen molar-refractivity contribution < 1.29 is 4.74 Å². The zero-order chi connectivity index (χ0) is 10.6. The first kappa shape index (κ1) is 11.5. The number of likely N-dealkylation sites (N-methyl/N-ethyl adjacent to an activating group) is 1. The van der Waals surface area contributed by atoms with Gasteiger partial charge in [0.05, 0.1) is 24.3 Å². The van der Waals surface area contributed by atoms with Gasteiger partial charge < -0.3 is 4.74 Å². The van der Waals surface area contributed by atoms with Gasteiger partial charge in [-0.25, -0.2) is 0 Å².